The van der Waals surface area contributed by atoms with E-state index in [9.17, 15) is 4.79 Å². The molecule has 0 aromatic heterocycles. The molecule has 0 aliphatic carbocycles. The third kappa shape index (κ3) is 14.9. The van der Waals surface area contributed by atoms with E-state index in [1.54, 1.807) is 6.08 Å². The van der Waals surface area contributed by atoms with E-state index in [0.29, 0.717) is 0 Å². The van der Waals surface area contributed by atoms with Gasteiger partial charge >= 0.3 is 0 Å². The molecule has 0 fully saturated rings. The number of aldehydes is 1. The third-order valence-electron chi connectivity index (χ3n) is 2.65. The summed E-state index contributed by atoms with van der Waals surface area (Å²) in [5, 5.41) is 0. The Morgan fingerprint density at radius 3 is 1.76 bits per heavy atom. The van der Waals surface area contributed by atoms with Crippen molar-refractivity contribution in [1.29, 1.82) is 0 Å². The molecule has 0 rings (SSSR count). The smallest absolute Gasteiger partial charge is 0.142 e. The van der Waals surface area contributed by atoms with Crippen LogP contribution in [0.5, 0.6) is 0 Å². The van der Waals surface area contributed by atoms with E-state index in [-0.39, 0.29) is 0 Å². The van der Waals surface area contributed by atoms with Crippen LogP contribution in [0.3, 0.4) is 0 Å². The van der Waals surface area contributed by atoms with Crippen LogP contribution in [-0.4, -0.2) is 6.29 Å². The molecule has 0 aromatic rings. The van der Waals surface area contributed by atoms with Crippen molar-refractivity contribution in [3.05, 3.63) is 36.5 Å². The molecule has 0 spiro atoms. The first-order valence-corrected chi connectivity index (χ1v) is 6.80. The van der Waals surface area contributed by atoms with E-state index in [1.165, 1.54) is 44.9 Å². The van der Waals surface area contributed by atoms with Gasteiger partial charge in [-0.3, -0.25) is 4.79 Å². The molecule has 0 heterocycles. The summed E-state index contributed by atoms with van der Waals surface area (Å²) in [6, 6.07) is 0. The quantitative estimate of drug-likeness (QED) is 0.213. The predicted octanol–water partition coefficient (Wildman–Crippen LogP) is 4.99. The molecule has 0 amide bonds. The van der Waals surface area contributed by atoms with Crippen molar-refractivity contribution in [2.45, 2.75) is 58.3 Å². The lowest BCUT2D eigenvalue weighted by molar-refractivity contribution is -0.104. The number of allylic oxidation sites excluding steroid dienone is 6. The highest BCUT2D eigenvalue weighted by molar-refractivity contribution is 5.64. The number of hydrogen-bond acceptors (Lipinski definition) is 1. The van der Waals surface area contributed by atoms with Gasteiger partial charge in [-0.15, -0.1) is 0 Å². The van der Waals surface area contributed by atoms with Gasteiger partial charge in [0, 0.05) is 0 Å². The zero-order valence-electron chi connectivity index (χ0n) is 11.1. The van der Waals surface area contributed by atoms with Gasteiger partial charge in [-0.1, -0.05) is 56.1 Å². The summed E-state index contributed by atoms with van der Waals surface area (Å²) >= 11 is 0. The Labute approximate surface area is 106 Å². The maximum absolute atomic E-state index is 10.0. The molecule has 17 heavy (non-hydrogen) atoms. The van der Waals surface area contributed by atoms with Gasteiger partial charge in [-0.2, -0.15) is 0 Å². The van der Waals surface area contributed by atoms with Crippen LogP contribution in [0.25, 0.3) is 0 Å². The van der Waals surface area contributed by atoms with Crippen LogP contribution >= 0.6 is 0 Å². The molecule has 0 aliphatic heterocycles. The van der Waals surface area contributed by atoms with Crippen LogP contribution in [0.4, 0.5) is 0 Å². The summed E-state index contributed by atoms with van der Waals surface area (Å²) in [6.07, 6.45) is 23.0. The lowest BCUT2D eigenvalue weighted by Crippen LogP contribution is -1.79. The molecule has 0 saturated heterocycles. The van der Waals surface area contributed by atoms with Crippen LogP contribution in [0.15, 0.2) is 36.5 Å². The zero-order chi connectivity index (χ0) is 12.6. The first kappa shape index (κ1) is 15.9. The minimum absolute atomic E-state index is 0.848. The van der Waals surface area contributed by atoms with Gasteiger partial charge in [0.1, 0.15) is 6.29 Å². The van der Waals surface area contributed by atoms with Crippen molar-refractivity contribution in [2.75, 3.05) is 0 Å². The molecule has 0 aliphatic rings. The van der Waals surface area contributed by atoms with E-state index < -0.39 is 0 Å². The molecule has 1 nitrogen and oxygen atoms in total. The van der Waals surface area contributed by atoms with Gasteiger partial charge < -0.3 is 0 Å². The average molecular weight is 234 g/mol. The van der Waals surface area contributed by atoms with Crippen molar-refractivity contribution < 1.29 is 4.79 Å². The number of rotatable bonds is 11. The molecular formula is C16H26O. The average Bonchev–Trinajstić information content (AvgIpc) is 2.35. The van der Waals surface area contributed by atoms with Crippen LogP contribution < -0.4 is 0 Å². The van der Waals surface area contributed by atoms with E-state index >= 15 is 0 Å². The van der Waals surface area contributed by atoms with Gasteiger partial charge in [0.2, 0.25) is 0 Å². The van der Waals surface area contributed by atoms with E-state index in [0.717, 1.165) is 12.7 Å². The lowest BCUT2D eigenvalue weighted by Gasteiger charge is -1.98. The van der Waals surface area contributed by atoms with Gasteiger partial charge in [0.05, 0.1) is 0 Å². The van der Waals surface area contributed by atoms with Crippen molar-refractivity contribution in [3.8, 4) is 0 Å². The number of hydrogen-bond donors (Lipinski definition) is 0. The molecule has 1 heteroatoms. The van der Waals surface area contributed by atoms with Crippen LogP contribution in [-0.2, 0) is 4.79 Å². The SMILES string of the molecule is CC=CC=CCCCCCCCCC=CC=O. The second-order valence-corrected chi connectivity index (χ2v) is 4.22. The van der Waals surface area contributed by atoms with Gasteiger partial charge in [0.25, 0.3) is 0 Å². The normalized spacial score (nSPS) is 12.1. The Bertz CT molecular complexity index is 236. The molecule has 0 saturated carbocycles. The molecule has 0 unspecified atom stereocenters. The first-order valence-electron chi connectivity index (χ1n) is 6.80. The molecule has 0 radical (unpaired) electrons. The number of carbonyl (C=O) groups excluding carboxylic acids is 1. The maximum Gasteiger partial charge on any atom is 0.142 e. The van der Waals surface area contributed by atoms with Gasteiger partial charge in [0.15, 0.2) is 0 Å². The fourth-order valence-corrected chi connectivity index (χ4v) is 1.67. The third-order valence-corrected chi connectivity index (χ3v) is 2.65. The highest BCUT2D eigenvalue weighted by Gasteiger charge is 1.89. The van der Waals surface area contributed by atoms with Gasteiger partial charge in [-0.25, -0.2) is 0 Å². The van der Waals surface area contributed by atoms with Crippen LogP contribution in [0, 0.1) is 0 Å². The zero-order valence-corrected chi connectivity index (χ0v) is 11.1. The summed E-state index contributed by atoms with van der Waals surface area (Å²) in [7, 11) is 0. The largest absolute Gasteiger partial charge is 0.299 e. The Morgan fingerprint density at radius 2 is 1.24 bits per heavy atom. The summed E-state index contributed by atoms with van der Waals surface area (Å²) in [5.41, 5.74) is 0. The Balaban J connectivity index is 3.08. The van der Waals surface area contributed by atoms with Gasteiger partial charge in [-0.05, 0) is 38.7 Å². The summed E-state index contributed by atoms with van der Waals surface area (Å²) in [6.45, 7) is 2.04. The second kappa shape index (κ2) is 14.9. The van der Waals surface area contributed by atoms with Crippen molar-refractivity contribution in [2.24, 2.45) is 0 Å². The fourth-order valence-electron chi connectivity index (χ4n) is 1.67. The molecule has 0 atom stereocenters. The van der Waals surface area contributed by atoms with E-state index in [4.69, 9.17) is 0 Å². The highest BCUT2D eigenvalue weighted by atomic mass is 16.1. The summed E-state index contributed by atoms with van der Waals surface area (Å²) in [5.74, 6) is 0. The van der Waals surface area contributed by atoms with Crippen LogP contribution in [0.2, 0.25) is 0 Å². The molecule has 0 aromatic carbocycles. The second-order valence-electron chi connectivity index (χ2n) is 4.22. The maximum atomic E-state index is 10.0. The van der Waals surface area contributed by atoms with Crippen molar-refractivity contribution in [3.63, 3.8) is 0 Å². The molecule has 96 valence electrons. The lowest BCUT2D eigenvalue weighted by atomic mass is 10.1. The molecule has 0 bridgehead atoms. The minimum Gasteiger partial charge on any atom is -0.299 e. The highest BCUT2D eigenvalue weighted by Crippen LogP contribution is 2.09. The minimum atomic E-state index is 0.848. The summed E-state index contributed by atoms with van der Waals surface area (Å²) < 4.78 is 0. The van der Waals surface area contributed by atoms with Crippen LogP contribution in [0.1, 0.15) is 58.3 Å². The fraction of sp³-hybridized carbons (Fsp3) is 0.562. The number of carbonyl (C=O) groups is 1. The standard InChI is InChI=1S/C16H26O/c1-2-3-4-5-6-7-8-9-10-11-12-13-14-15-16-17/h2-5,14-16H,6-13H2,1H3. The number of unbranched alkanes of at least 4 members (excludes halogenated alkanes) is 7. The Kier molecular flexibility index (Phi) is 13.9. The first-order chi connectivity index (χ1) is 8.41. The monoisotopic (exact) mass is 234 g/mol. The van der Waals surface area contributed by atoms with E-state index in [1.807, 2.05) is 13.0 Å². The summed E-state index contributed by atoms with van der Waals surface area (Å²) in [4.78, 5) is 10.0. The predicted molar refractivity (Wildman–Crippen MR) is 76.1 cm³/mol. The van der Waals surface area contributed by atoms with Crippen molar-refractivity contribution >= 4 is 6.29 Å². The van der Waals surface area contributed by atoms with Crippen molar-refractivity contribution in [1.82, 2.24) is 0 Å². The Morgan fingerprint density at radius 1 is 0.706 bits per heavy atom. The topological polar surface area (TPSA) is 17.1 Å². The Hall–Kier alpha value is -1.11. The van der Waals surface area contributed by atoms with E-state index in [2.05, 4.69) is 24.3 Å². The molecular weight excluding hydrogens is 208 g/mol. The molecule has 0 N–H and O–H groups in total.